The Bertz CT molecular complexity index is 183. The molecule has 12 heavy (non-hydrogen) atoms. The van der Waals surface area contributed by atoms with E-state index in [1.54, 1.807) is 0 Å². The van der Waals surface area contributed by atoms with E-state index in [2.05, 4.69) is 0 Å². The second kappa shape index (κ2) is 3.73. The molecule has 1 aliphatic rings. The standard InChI is InChI=1S/C8H13ClO3/c1-6(10)4-8(11)2-3-12-5-7(8)9/h7,11H,2-5H2,1H3/t7-,8-/m1/s1. The number of rotatable bonds is 2. The Hall–Kier alpha value is -0.120. The molecular weight excluding hydrogens is 180 g/mol. The van der Waals surface area contributed by atoms with Crippen LogP contribution in [0.4, 0.5) is 0 Å². The molecule has 1 aliphatic heterocycles. The number of halogens is 1. The average Bonchev–Trinajstić information content (AvgIpc) is 1.94. The van der Waals surface area contributed by atoms with Crippen LogP contribution in [-0.2, 0) is 9.53 Å². The van der Waals surface area contributed by atoms with Gasteiger partial charge in [-0.05, 0) is 6.92 Å². The first-order valence-corrected chi connectivity index (χ1v) is 4.42. The van der Waals surface area contributed by atoms with E-state index >= 15 is 0 Å². The van der Waals surface area contributed by atoms with Crippen molar-refractivity contribution in [3.8, 4) is 0 Å². The highest BCUT2D eigenvalue weighted by atomic mass is 35.5. The first kappa shape index (κ1) is 9.96. The molecule has 3 nitrogen and oxygen atoms in total. The molecule has 1 fully saturated rings. The largest absolute Gasteiger partial charge is 0.388 e. The molecule has 0 spiro atoms. The molecule has 0 unspecified atom stereocenters. The molecule has 0 saturated carbocycles. The van der Waals surface area contributed by atoms with Gasteiger partial charge in [0.15, 0.2) is 0 Å². The second-order valence-electron chi connectivity index (χ2n) is 3.27. The molecule has 0 aromatic carbocycles. The summed E-state index contributed by atoms with van der Waals surface area (Å²) in [6, 6.07) is 0. The molecule has 0 aromatic heterocycles. The molecule has 0 aromatic rings. The number of alkyl halides is 1. The van der Waals surface area contributed by atoms with Gasteiger partial charge < -0.3 is 9.84 Å². The van der Waals surface area contributed by atoms with E-state index in [0.29, 0.717) is 19.6 Å². The van der Waals surface area contributed by atoms with Gasteiger partial charge in [0.2, 0.25) is 0 Å². The number of hydrogen-bond donors (Lipinski definition) is 1. The van der Waals surface area contributed by atoms with Gasteiger partial charge in [0, 0.05) is 19.4 Å². The van der Waals surface area contributed by atoms with Gasteiger partial charge in [-0.25, -0.2) is 0 Å². The third-order valence-corrected chi connectivity index (χ3v) is 2.61. The van der Waals surface area contributed by atoms with E-state index in [1.807, 2.05) is 0 Å². The maximum absolute atomic E-state index is 10.8. The minimum Gasteiger partial charge on any atom is -0.388 e. The first-order chi connectivity index (χ1) is 5.54. The molecule has 1 rings (SSSR count). The number of ketones is 1. The third-order valence-electron chi connectivity index (χ3n) is 2.08. The normalized spacial score (nSPS) is 36.4. The lowest BCUT2D eigenvalue weighted by Crippen LogP contribution is -2.47. The third kappa shape index (κ3) is 2.19. The zero-order valence-corrected chi connectivity index (χ0v) is 7.80. The summed E-state index contributed by atoms with van der Waals surface area (Å²) in [7, 11) is 0. The van der Waals surface area contributed by atoms with Crippen LogP contribution in [0.5, 0.6) is 0 Å². The lowest BCUT2D eigenvalue weighted by molar-refractivity contribution is -0.126. The van der Waals surface area contributed by atoms with Crippen molar-refractivity contribution >= 4 is 17.4 Å². The summed E-state index contributed by atoms with van der Waals surface area (Å²) in [4.78, 5) is 10.8. The zero-order valence-electron chi connectivity index (χ0n) is 7.05. The molecule has 0 radical (unpaired) electrons. The van der Waals surface area contributed by atoms with Crippen LogP contribution in [0, 0.1) is 0 Å². The molecule has 1 heterocycles. The molecule has 0 amide bonds. The Morgan fingerprint density at radius 3 is 3.00 bits per heavy atom. The highest BCUT2D eigenvalue weighted by molar-refractivity contribution is 6.21. The summed E-state index contributed by atoms with van der Waals surface area (Å²) in [5.74, 6) is -0.0370. The van der Waals surface area contributed by atoms with Crippen molar-refractivity contribution in [3.63, 3.8) is 0 Å². The fraction of sp³-hybridized carbons (Fsp3) is 0.875. The SMILES string of the molecule is CC(=O)C[C@]1(O)CCOC[C@H]1Cl. The maximum atomic E-state index is 10.8. The average molecular weight is 193 g/mol. The Balaban J connectivity index is 2.59. The number of Topliss-reactive ketones (excluding diaryl/α,β-unsaturated/α-hetero) is 1. The van der Waals surface area contributed by atoms with Crippen molar-refractivity contribution in [3.05, 3.63) is 0 Å². The summed E-state index contributed by atoms with van der Waals surface area (Å²) in [6.45, 7) is 2.26. The molecule has 0 aliphatic carbocycles. The molecule has 0 bridgehead atoms. The summed E-state index contributed by atoms with van der Waals surface area (Å²) in [5, 5.41) is 9.41. The minimum absolute atomic E-state index is 0.0370. The van der Waals surface area contributed by atoms with E-state index in [4.69, 9.17) is 16.3 Å². The van der Waals surface area contributed by atoms with Crippen molar-refractivity contribution < 1.29 is 14.6 Å². The Kier molecular flexibility index (Phi) is 3.09. The van der Waals surface area contributed by atoms with E-state index in [-0.39, 0.29) is 12.2 Å². The zero-order chi connectivity index (χ0) is 9.19. The van der Waals surface area contributed by atoms with Crippen molar-refractivity contribution in [2.24, 2.45) is 0 Å². The summed E-state index contributed by atoms with van der Waals surface area (Å²) in [5.41, 5.74) is -1.05. The van der Waals surface area contributed by atoms with E-state index < -0.39 is 11.0 Å². The molecular formula is C8H13ClO3. The molecule has 2 atom stereocenters. The Labute approximate surface area is 76.7 Å². The van der Waals surface area contributed by atoms with Crippen LogP contribution in [-0.4, -0.2) is 35.1 Å². The van der Waals surface area contributed by atoms with Crippen molar-refractivity contribution in [2.45, 2.75) is 30.7 Å². The van der Waals surface area contributed by atoms with Gasteiger partial charge in [0.1, 0.15) is 5.78 Å². The number of aliphatic hydroxyl groups is 1. The quantitative estimate of drug-likeness (QED) is 0.656. The van der Waals surface area contributed by atoms with Crippen LogP contribution in [0.25, 0.3) is 0 Å². The molecule has 70 valence electrons. The fourth-order valence-electron chi connectivity index (χ4n) is 1.38. The van der Waals surface area contributed by atoms with Crippen LogP contribution < -0.4 is 0 Å². The van der Waals surface area contributed by atoms with Crippen LogP contribution >= 0.6 is 11.6 Å². The lowest BCUT2D eigenvalue weighted by Gasteiger charge is -2.35. The van der Waals surface area contributed by atoms with E-state index in [0.717, 1.165) is 0 Å². The van der Waals surface area contributed by atoms with Gasteiger partial charge in [-0.1, -0.05) is 0 Å². The van der Waals surface area contributed by atoms with E-state index in [1.165, 1.54) is 6.92 Å². The summed E-state index contributed by atoms with van der Waals surface area (Å²) >= 11 is 5.84. The highest BCUT2D eigenvalue weighted by Gasteiger charge is 2.39. The lowest BCUT2D eigenvalue weighted by atomic mass is 9.89. The number of ether oxygens (including phenoxy) is 1. The highest BCUT2D eigenvalue weighted by Crippen LogP contribution is 2.28. The van der Waals surface area contributed by atoms with Gasteiger partial charge >= 0.3 is 0 Å². The van der Waals surface area contributed by atoms with Gasteiger partial charge in [-0.3, -0.25) is 4.79 Å². The van der Waals surface area contributed by atoms with Crippen LogP contribution in [0.1, 0.15) is 19.8 Å². The smallest absolute Gasteiger partial charge is 0.132 e. The monoisotopic (exact) mass is 192 g/mol. The van der Waals surface area contributed by atoms with Gasteiger partial charge in [-0.2, -0.15) is 0 Å². The second-order valence-corrected chi connectivity index (χ2v) is 3.80. The molecule has 1 N–H and O–H groups in total. The Morgan fingerprint density at radius 2 is 2.50 bits per heavy atom. The predicted molar refractivity (Wildman–Crippen MR) is 45.3 cm³/mol. The number of hydrogen-bond acceptors (Lipinski definition) is 3. The summed E-state index contributed by atoms with van der Waals surface area (Å²) in [6.07, 6.45) is 0.575. The fourth-order valence-corrected chi connectivity index (χ4v) is 1.65. The van der Waals surface area contributed by atoms with Crippen LogP contribution in [0.3, 0.4) is 0 Å². The molecule has 4 heteroatoms. The van der Waals surface area contributed by atoms with Crippen molar-refractivity contribution in [2.75, 3.05) is 13.2 Å². The topological polar surface area (TPSA) is 46.5 Å². The van der Waals surface area contributed by atoms with Crippen molar-refractivity contribution in [1.29, 1.82) is 0 Å². The van der Waals surface area contributed by atoms with Gasteiger partial charge in [0.25, 0.3) is 0 Å². The van der Waals surface area contributed by atoms with Crippen LogP contribution in [0.2, 0.25) is 0 Å². The van der Waals surface area contributed by atoms with Gasteiger partial charge in [0.05, 0.1) is 17.6 Å². The first-order valence-electron chi connectivity index (χ1n) is 3.98. The Morgan fingerprint density at radius 1 is 1.83 bits per heavy atom. The predicted octanol–water partition coefficient (Wildman–Crippen LogP) is 0.724. The summed E-state index contributed by atoms with van der Waals surface area (Å²) < 4.78 is 5.06. The number of carbonyl (C=O) groups excluding carboxylic acids is 1. The minimum atomic E-state index is -1.05. The van der Waals surface area contributed by atoms with Crippen LogP contribution in [0.15, 0.2) is 0 Å². The maximum Gasteiger partial charge on any atom is 0.132 e. The van der Waals surface area contributed by atoms with E-state index in [9.17, 15) is 9.90 Å². The molecule has 1 saturated heterocycles. The van der Waals surface area contributed by atoms with Gasteiger partial charge in [-0.15, -0.1) is 11.6 Å². The van der Waals surface area contributed by atoms with Crippen molar-refractivity contribution in [1.82, 2.24) is 0 Å². The number of carbonyl (C=O) groups is 1.